The van der Waals surface area contributed by atoms with Crippen molar-refractivity contribution in [2.75, 3.05) is 6.61 Å². The fourth-order valence-corrected chi connectivity index (χ4v) is 2.61. The number of nitrogens with one attached hydrogen (secondary N) is 1. The van der Waals surface area contributed by atoms with Crippen LogP contribution in [0.5, 0.6) is 0 Å². The van der Waals surface area contributed by atoms with Crippen molar-refractivity contribution in [1.29, 1.82) is 0 Å². The maximum Gasteiger partial charge on any atom is 0.305 e. The van der Waals surface area contributed by atoms with E-state index in [1.165, 1.54) is 6.20 Å². The number of aliphatic hydroxyl groups is 3. The number of aliphatic carboxylic acids is 1. The van der Waals surface area contributed by atoms with Crippen molar-refractivity contribution in [2.45, 2.75) is 37.0 Å². The van der Waals surface area contributed by atoms with Gasteiger partial charge in [-0.05, 0) is 12.2 Å². The average Bonchev–Trinajstić information content (AvgIpc) is 2.74. The Morgan fingerprint density at radius 1 is 1.48 bits per heavy atom. The lowest BCUT2D eigenvalue weighted by Crippen LogP contribution is -2.34. The van der Waals surface area contributed by atoms with Gasteiger partial charge in [0.15, 0.2) is 11.0 Å². The molecule has 1 aromatic heterocycles. The van der Waals surface area contributed by atoms with Gasteiger partial charge >= 0.3 is 5.97 Å². The minimum absolute atomic E-state index is 0.0567. The molecule has 11 heteroatoms. The zero-order valence-corrected chi connectivity index (χ0v) is 12.6. The number of nitrogens with two attached hydrogens (primary N) is 1. The van der Waals surface area contributed by atoms with Gasteiger partial charge in [0.1, 0.15) is 18.3 Å². The number of aromatic nitrogens is 2. The van der Waals surface area contributed by atoms with E-state index < -0.39 is 55.1 Å². The number of hydrogen-bond acceptors (Lipinski definition) is 8. The van der Waals surface area contributed by atoms with E-state index in [1.807, 2.05) is 0 Å². The third kappa shape index (κ3) is 3.49. The van der Waals surface area contributed by atoms with Crippen LogP contribution in [-0.4, -0.2) is 60.9 Å². The van der Waals surface area contributed by atoms with Gasteiger partial charge < -0.3 is 30.9 Å². The topological polar surface area (TPSA) is 171 Å². The highest BCUT2D eigenvalue weighted by atomic mass is 32.1. The quantitative estimate of drug-likeness (QED) is 0.329. The predicted octanol–water partition coefficient (Wildman–Crippen LogP) is -2.01. The summed E-state index contributed by atoms with van der Waals surface area (Å²) < 4.78 is 6.39. The predicted molar refractivity (Wildman–Crippen MR) is 78.1 cm³/mol. The minimum Gasteiger partial charge on any atom is -0.481 e. The van der Waals surface area contributed by atoms with Gasteiger partial charge in [0.05, 0.1) is 18.6 Å². The smallest absolute Gasteiger partial charge is 0.305 e. The summed E-state index contributed by atoms with van der Waals surface area (Å²) in [7, 11) is 0. The third-order valence-electron chi connectivity index (χ3n) is 3.58. The summed E-state index contributed by atoms with van der Waals surface area (Å²) in [5.74, 6) is -1.18. The molecule has 0 spiro atoms. The standard InChI is InChI=1S/C12H17N3O7S/c13-5(1-7(17)18)4-2-15(12(23)14-10(4)21)11-9(20)8(19)6(3-16)22-11/h2,5-6,8-9,11,16,19-20H,1,3,13H2,(H,17,18)(H,14,21,23)/t5?,6-,8?,9?,11-/m0/s1. The molecule has 1 saturated heterocycles. The van der Waals surface area contributed by atoms with Crippen LogP contribution in [0.1, 0.15) is 24.3 Å². The molecule has 2 heterocycles. The maximum absolute atomic E-state index is 11.9. The minimum atomic E-state index is -1.40. The Bertz CT molecular complexity index is 703. The number of aromatic amines is 1. The molecule has 0 radical (unpaired) electrons. The summed E-state index contributed by atoms with van der Waals surface area (Å²) in [6.45, 7) is -0.517. The summed E-state index contributed by atoms with van der Waals surface area (Å²) in [4.78, 5) is 25.0. The molecule has 1 aromatic rings. The first-order chi connectivity index (χ1) is 10.8. The van der Waals surface area contributed by atoms with Gasteiger partial charge in [-0.3, -0.25) is 19.1 Å². The van der Waals surface area contributed by atoms with E-state index in [4.69, 9.17) is 32.9 Å². The van der Waals surface area contributed by atoms with Crippen molar-refractivity contribution in [3.8, 4) is 0 Å². The molecule has 128 valence electrons. The summed E-state index contributed by atoms with van der Waals surface area (Å²) in [6, 6.07) is -1.09. The van der Waals surface area contributed by atoms with Crippen molar-refractivity contribution in [1.82, 2.24) is 9.55 Å². The Kier molecular flexibility index (Phi) is 5.29. The van der Waals surface area contributed by atoms with Crippen LogP contribution in [0.2, 0.25) is 0 Å². The lowest BCUT2D eigenvalue weighted by molar-refractivity contribution is -0.137. The zero-order chi connectivity index (χ0) is 17.3. The number of hydrogen-bond donors (Lipinski definition) is 6. The van der Waals surface area contributed by atoms with Crippen molar-refractivity contribution < 1.29 is 30.0 Å². The fraction of sp³-hybridized carbons (Fsp3) is 0.583. The lowest BCUT2D eigenvalue weighted by atomic mass is 10.1. The molecule has 1 fully saturated rings. The Hall–Kier alpha value is -1.63. The normalized spacial score (nSPS) is 28.7. The van der Waals surface area contributed by atoms with E-state index in [0.717, 1.165) is 4.57 Å². The van der Waals surface area contributed by atoms with Crippen LogP contribution >= 0.6 is 12.2 Å². The van der Waals surface area contributed by atoms with Crippen LogP contribution in [0.3, 0.4) is 0 Å². The highest BCUT2D eigenvalue weighted by Crippen LogP contribution is 2.29. The van der Waals surface area contributed by atoms with Crippen LogP contribution in [0, 0.1) is 4.77 Å². The van der Waals surface area contributed by atoms with E-state index >= 15 is 0 Å². The van der Waals surface area contributed by atoms with Crippen molar-refractivity contribution in [3.05, 3.63) is 26.9 Å². The number of rotatable bonds is 5. The first kappa shape index (κ1) is 17.7. The largest absolute Gasteiger partial charge is 0.481 e. The van der Waals surface area contributed by atoms with Crippen molar-refractivity contribution in [2.24, 2.45) is 5.73 Å². The highest BCUT2D eigenvalue weighted by Gasteiger charge is 2.43. The monoisotopic (exact) mass is 347 g/mol. The molecule has 1 aliphatic heterocycles. The Morgan fingerprint density at radius 3 is 2.65 bits per heavy atom. The van der Waals surface area contributed by atoms with E-state index in [0.29, 0.717) is 0 Å². The molecule has 1 aliphatic rings. The van der Waals surface area contributed by atoms with Gasteiger partial charge in [0, 0.05) is 12.2 Å². The van der Waals surface area contributed by atoms with Gasteiger partial charge in [0.2, 0.25) is 0 Å². The molecule has 0 aromatic carbocycles. The Morgan fingerprint density at radius 2 is 2.13 bits per heavy atom. The number of carbonyl (C=O) groups is 1. The first-order valence-electron chi connectivity index (χ1n) is 6.71. The number of ether oxygens (including phenoxy) is 1. The van der Waals surface area contributed by atoms with Crippen molar-refractivity contribution in [3.63, 3.8) is 0 Å². The summed E-state index contributed by atoms with van der Waals surface area (Å²) in [6.07, 6.45) is -4.18. The van der Waals surface area contributed by atoms with Crippen LogP contribution in [0.4, 0.5) is 0 Å². The maximum atomic E-state index is 11.9. The fourth-order valence-electron chi connectivity index (χ4n) is 2.36. The first-order valence-corrected chi connectivity index (χ1v) is 7.12. The highest BCUT2D eigenvalue weighted by molar-refractivity contribution is 7.71. The van der Waals surface area contributed by atoms with Gasteiger partial charge in [0.25, 0.3) is 5.56 Å². The number of carboxylic acid groups (broad SMARTS) is 1. The van der Waals surface area contributed by atoms with E-state index in [-0.39, 0.29) is 10.3 Å². The molecule has 0 amide bonds. The van der Waals surface area contributed by atoms with Crippen molar-refractivity contribution >= 4 is 18.2 Å². The van der Waals surface area contributed by atoms with Gasteiger partial charge in [-0.1, -0.05) is 0 Å². The number of nitrogens with zero attached hydrogens (tertiary/aromatic N) is 1. The number of H-pyrrole nitrogens is 1. The zero-order valence-electron chi connectivity index (χ0n) is 11.8. The average molecular weight is 347 g/mol. The molecule has 5 atom stereocenters. The molecule has 10 nitrogen and oxygen atoms in total. The van der Waals surface area contributed by atoms with Gasteiger partial charge in [-0.2, -0.15) is 0 Å². The summed E-state index contributed by atoms with van der Waals surface area (Å²) in [5, 5.41) is 37.7. The summed E-state index contributed by atoms with van der Waals surface area (Å²) in [5.41, 5.74) is 4.99. The van der Waals surface area contributed by atoms with E-state index in [9.17, 15) is 19.8 Å². The molecule has 0 aliphatic carbocycles. The molecule has 23 heavy (non-hydrogen) atoms. The van der Waals surface area contributed by atoms with Crippen LogP contribution in [0.25, 0.3) is 0 Å². The second kappa shape index (κ2) is 6.86. The van der Waals surface area contributed by atoms with Crippen LogP contribution in [0.15, 0.2) is 11.0 Å². The van der Waals surface area contributed by atoms with Gasteiger partial charge in [-0.15, -0.1) is 0 Å². The number of carboxylic acids is 1. The van der Waals surface area contributed by atoms with E-state index in [1.54, 1.807) is 0 Å². The number of aliphatic hydroxyl groups excluding tert-OH is 3. The molecular formula is C12H17N3O7S. The molecule has 0 bridgehead atoms. The summed E-state index contributed by atoms with van der Waals surface area (Å²) >= 11 is 4.99. The lowest BCUT2D eigenvalue weighted by Gasteiger charge is -2.20. The SMILES string of the molecule is NC(CC(=O)O)c1cn([C@H]2O[C@@H](CO)C(O)C2O)c(=S)[nH]c1=O. The molecular weight excluding hydrogens is 330 g/mol. The Labute approximate surface area is 134 Å². The molecule has 2 rings (SSSR count). The van der Waals surface area contributed by atoms with E-state index in [2.05, 4.69) is 4.98 Å². The molecule has 3 unspecified atom stereocenters. The second-order valence-corrected chi connectivity index (χ2v) is 5.57. The second-order valence-electron chi connectivity index (χ2n) is 5.18. The molecule has 7 N–H and O–H groups in total. The Balaban J connectivity index is 2.42. The van der Waals surface area contributed by atoms with Crippen LogP contribution < -0.4 is 11.3 Å². The van der Waals surface area contributed by atoms with Crippen LogP contribution in [-0.2, 0) is 9.53 Å². The third-order valence-corrected chi connectivity index (χ3v) is 3.89. The van der Waals surface area contributed by atoms with Gasteiger partial charge in [-0.25, -0.2) is 0 Å². The molecule has 0 saturated carbocycles.